The highest BCUT2D eigenvalue weighted by Crippen LogP contribution is 2.40. The first-order valence-corrected chi connectivity index (χ1v) is 11.5. The third-order valence-electron chi connectivity index (χ3n) is 5.10. The van der Waals surface area contributed by atoms with Crippen molar-refractivity contribution in [3.8, 4) is 0 Å². The molecule has 32 heavy (non-hydrogen) atoms. The van der Waals surface area contributed by atoms with Crippen LogP contribution in [-0.2, 0) is 23.8 Å². The van der Waals surface area contributed by atoms with E-state index in [1.165, 1.54) is 16.7 Å². The zero-order valence-corrected chi connectivity index (χ0v) is 18.9. The maximum Gasteiger partial charge on any atom is 0.508 e. The van der Waals surface area contributed by atoms with Crippen molar-refractivity contribution in [2.75, 3.05) is 19.0 Å². The summed E-state index contributed by atoms with van der Waals surface area (Å²) in [6, 6.07) is 3.04. The number of allylic oxidation sites excluding steroid dienone is 1. The molecule has 3 rings (SSSR count). The Kier molecular flexibility index (Phi) is 8.29. The van der Waals surface area contributed by atoms with Gasteiger partial charge in [0, 0.05) is 18.1 Å². The molecule has 0 aliphatic carbocycles. The van der Waals surface area contributed by atoms with Crippen LogP contribution in [0.25, 0.3) is 6.08 Å². The van der Waals surface area contributed by atoms with Gasteiger partial charge >= 0.3 is 12.1 Å². The monoisotopic (exact) mass is 461 g/mol. The van der Waals surface area contributed by atoms with Crippen LogP contribution in [0.3, 0.4) is 0 Å². The number of thioether (sulfide) groups is 1. The van der Waals surface area contributed by atoms with Crippen molar-refractivity contribution in [3.05, 3.63) is 47.4 Å². The van der Waals surface area contributed by atoms with Gasteiger partial charge in [-0.05, 0) is 30.0 Å². The SMILES string of the molecule is CCC(CC)OC(=O)OCCOC(=O)C1=C(/C=C\c2cccnc2)CS[C@H]2[C@H](N)C(=O)N12. The summed E-state index contributed by atoms with van der Waals surface area (Å²) in [6.07, 6.45) is 7.33. The summed E-state index contributed by atoms with van der Waals surface area (Å²) in [5.41, 5.74) is 7.55. The highest BCUT2D eigenvalue weighted by molar-refractivity contribution is 8.00. The topological polar surface area (TPSA) is 121 Å². The van der Waals surface area contributed by atoms with E-state index in [0.29, 0.717) is 24.2 Å². The number of aromatic nitrogens is 1. The maximum atomic E-state index is 12.8. The van der Waals surface area contributed by atoms with Gasteiger partial charge in [0.25, 0.3) is 0 Å². The number of esters is 1. The van der Waals surface area contributed by atoms with Crippen LogP contribution >= 0.6 is 11.8 Å². The van der Waals surface area contributed by atoms with E-state index in [4.69, 9.17) is 19.9 Å². The Morgan fingerprint density at radius 2 is 2.03 bits per heavy atom. The molecule has 0 saturated carbocycles. The number of fused-ring (bicyclic) bond motifs is 1. The van der Waals surface area contributed by atoms with Crippen LogP contribution in [0.4, 0.5) is 4.79 Å². The molecule has 0 spiro atoms. The van der Waals surface area contributed by atoms with Crippen molar-refractivity contribution < 1.29 is 28.6 Å². The summed E-state index contributed by atoms with van der Waals surface area (Å²) in [5.74, 6) is -0.494. The Bertz CT molecular complexity index is 900. The maximum absolute atomic E-state index is 12.8. The second-order valence-electron chi connectivity index (χ2n) is 7.22. The van der Waals surface area contributed by atoms with E-state index in [9.17, 15) is 14.4 Å². The number of nitrogens with two attached hydrogens (primary N) is 1. The predicted octanol–water partition coefficient (Wildman–Crippen LogP) is 2.48. The number of hydrogen-bond acceptors (Lipinski definition) is 9. The third kappa shape index (κ3) is 5.49. The molecule has 172 valence electrons. The molecule has 2 N–H and O–H groups in total. The Hall–Kier alpha value is -2.85. The average molecular weight is 462 g/mol. The van der Waals surface area contributed by atoms with Crippen molar-refractivity contribution in [3.63, 3.8) is 0 Å². The number of pyridine rings is 1. The van der Waals surface area contributed by atoms with Crippen LogP contribution in [0.5, 0.6) is 0 Å². The highest BCUT2D eigenvalue weighted by Gasteiger charge is 2.51. The number of hydrogen-bond donors (Lipinski definition) is 1. The van der Waals surface area contributed by atoms with Gasteiger partial charge in [0.2, 0.25) is 5.91 Å². The summed E-state index contributed by atoms with van der Waals surface area (Å²) < 4.78 is 15.4. The molecule has 1 saturated heterocycles. The zero-order chi connectivity index (χ0) is 23.1. The molecule has 1 aromatic rings. The number of ether oxygens (including phenoxy) is 3. The lowest BCUT2D eigenvalue weighted by molar-refractivity contribution is -0.151. The summed E-state index contributed by atoms with van der Waals surface area (Å²) in [6.45, 7) is 3.52. The summed E-state index contributed by atoms with van der Waals surface area (Å²) in [7, 11) is 0. The van der Waals surface area contributed by atoms with Gasteiger partial charge in [-0.25, -0.2) is 9.59 Å². The van der Waals surface area contributed by atoms with Gasteiger partial charge in [-0.15, -0.1) is 11.8 Å². The molecule has 9 nitrogen and oxygen atoms in total. The van der Waals surface area contributed by atoms with Crippen molar-refractivity contribution in [2.24, 2.45) is 5.73 Å². The molecule has 0 aromatic carbocycles. The molecule has 1 fully saturated rings. The number of carbonyl (C=O) groups is 3. The van der Waals surface area contributed by atoms with Gasteiger partial charge < -0.3 is 19.9 Å². The smallest absolute Gasteiger partial charge is 0.457 e. The van der Waals surface area contributed by atoms with Crippen LogP contribution in [0, 0.1) is 0 Å². The average Bonchev–Trinajstić information content (AvgIpc) is 2.83. The van der Waals surface area contributed by atoms with Gasteiger partial charge in [0.15, 0.2) is 0 Å². The van der Waals surface area contributed by atoms with Gasteiger partial charge in [-0.1, -0.05) is 32.1 Å². The van der Waals surface area contributed by atoms with Crippen molar-refractivity contribution in [1.82, 2.24) is 9.88 Å². The molecule has 0 unspecified atom stereocenters. The number of nitrogens with zero attached hydrogens (tertiary/aromatic N) is 2. The fourth-order valence-corrected chi connectivity index (χ4v) is 4.55. The van der Waals surface area contributed by atoms with E-state index < -0.39 is 18.2 Å². The first kappa shape index (κ1) is 23.8. The molecular formula is C22H27N3O6S. The lowest BCUT2D eigenvalue weighted by Gasteiger charge is -2.48. The summed E-state index contributed by atoms with van der Waals surface area (Å²) >= 11 is 1.49. The quantitative estimate of drug-likeness (QED) is 0.336. The Balaban J connectivity index is 1.64. The lowest BCUT2D eigenvalue weighted by atomic mass is 10.0. The second kappa shape index (κ2) is 11.1. The van der Waals surface area contributed by atoms with E-state index in [1.54, 1.807) is 24.5 Å². The van der Waals surface area contributed by atoms with E-state index in [2.05, 4.69) is 4.98 Å². The standard InChI is InChI=1S/C22H27N3O6S/c1-3-16(4-2)31-22(28)30-11-10-29-21(27)18-15(8-7-14-6-5-9-24-12-14)13-32-20-17(23)19(26)25(18)20/h5-9,12,16-17,20H,3-4,10-11,13,23H2,1-2H3/b8-7-/t17-,20+/m1/s1. The van der Waals surface area contributed by atoms with Crippen molar-refractivity contribution >= 4 is 35.9 Å². The number of β-lactam (4-membered cyclic amide) rings is 1. The zero-order valence-electron chi connectivity index (χ0n) is 18.1. The molecule has 2 aliphatic rings. The Morgan fingerprint density at radius 1 is 1.28 bits per heavy atom. The highest BCUT2D eigenvalue weighted by atomic mass is 32.2. The normalized spacial score (nSPS) is 20.2. The van der Waals surface area contributed by atoms with Crippen LogP contribution in [-0.4, -0.2) is 64.4 Å². The molecule has 0 bridgehead atoms. The van der Waals surface area contributed by atoms with E-state index in [1.807, 2.05) is 26.0 Å². The van der Waals surface area contributed by atoms with Crippen LogP contribution in [0.1, 0.15) is 32.3 Å². The van der Waals surface area contributed by atoms with Gasteiger partial charge in [0.1, 0.15) is 36.4 Å². The number of carbonyl (C=O) groups excluding carboxylic acids is 3. The molecule has 10 heteroatoms. The molecule has 2 aliphatic heterocycles. The fraction of sp³-hybridized carbons (Fsp3) is 0.455. The number of rotatable bonds is 9. The van der Waals surface area contributed by atoms with Crippen LogP contribution in [0.15, 0.2) is 41.9 Å². The molecule has 1 amide bonds. The molecule has 0 radical (unpaired) electrons. The van der Waals surface area contributed by atoms with E-state index in [0.717, 1.165) is 5.56 Å². The van der Waals surface area contributed by atoms with E-state index >= 15 is 0 Å². The molecule has 3 heterocycles. The largest absolute Gasteiger partial charge is 0.508 e. The minimum absolute atomic E-state index is 0.148. The van der Waals surface area contributed by atoms with Crippen LogP contribution < -0.4 is 5.73 Å². The predicted molar refractivity (Wildman–Crippen MR) is 119 cm³/mol. The molecule has 1 aromatic heterocycles. The third-order valence-corrected chi connectivity index (χ3v) is 6.43. The van der Waals surface area contributed by atoms with Crippen LogP contribution in [0.2, 0.25) is 0 Å². The lowest BCUT2D eigenvalue weighted by Crippen LogP contribution is -2.68. The Labute approximate surface area is 191 Å². The fourth-order valence-electron chi connectivity index (χ4n) is 3.28. The van der Waals surface area contributed by atoms with Gasteiger partial charge in [0.05, 0.1) is 0 Å². The van der Waals surface area contributed by atoms with Crippen molar-refractivity contribution in [2.45, 2.75) is 44.2 Å². The van der Waals surface area contributed by atoms with E-state index in [-0.39, 0.29) is 36.3 Å². The van der Waals surface area contributed by atoms with Crippen molar-refractivity contribution in [1.29, 1.82) is 0 Å². The molecular weight excluding hydrogens is 434 g/mol. The first-order chi connectivity index (χ1) is 15.5. The first-order valence-electron chi connectivity index (χ1n) is 10.5. The Morgan fingerprint density at radius 3 is 2.72 bits per heavy atom. The minimum Gasteiger partial charge on any atom is -0.457 e. The molecule has 2 atom stereocenters. The van der Waals surface area contributed by atoms with Gasteiger partial charge in [-0.3, -0.25) is 14.7 Å². The summed E-state index contributed by atoms with van der Waals surface area (Å²) in [5, 5.41) is -0.299. The minimum atomic E-state index is -0.799. The number of amides is 1. The van der Waals surface area contributed by atoms with Gasteiger partial charge in [-0.2, -0.15) is 0 Å². The second-order valence-corrected chi connectivity index (χ2v) is 8.32. The summed E-state index contributed by atoms with van der Waals surface area (Å²) in [4.78, 5) is 42.3.